The van der Waals surface area contributed by atoms with Gasteiger partial charge in [0.05, 0.1) is 23.0 Å². The Balaban J connectivity index is 2.24. The van der Waals surface area contributed by atoms with Gasteiger partial charge in [0.15, 0.2) is 0 Å². The van der Waals surface area contributed by atoms with E-state index in [0.717, 1.165) is 0 Å². The monoisotopic (exact) mass is 379 g/mol. The van der Waals surface area contributed by atoms with Crippen LogP contribution in [0.15, 0.2) is 65.7 Å². The molecular weight excluding hydrogens is 362 g/mol. The third-order valence-corrected chi connectivity index (χ3v) is 4.31. The van der Waals surface area contributed by atoms with Gasteiger partial charge in [-0.05, 0) is 31.5 Å². The highest BCUT2D eigenvalue weighted by Crippen LogP contribution is 2.42. The second-order valence-electron chi connectivity index (χ2n) is 6.00. The Morgan fingerprint density at radius 2 is 2.07 bits per heavy atom. The van der Waals surface area contributed by atoms with Gasteiger partial charge in [0.1, 0.15) is 17.4 Å². The van der Waals surface area contributed by atoms with E-state index in [1.165, 1.54) is 18.2 Å². The number of carbonyl (C=O) groups is 1. The van der Waals surface area contributed by atoms with Crippen molar-refractivity contribution in [2.75, 3.05) is 6.61 Å². The van der Waals surface area contributed by atoms with Gasteiger partial charge in [0.2, 0.25) is 5.88 Å². The lowest BCUT2D eigenvalue weighted by Gasteiger charge is -2.28. The number of nitro benzene ring substituents is 1. The molecule has 0 amide bonds. The maximum Gasteiger partial charge on any atom is 0.338 e. The third kappa shape index (κ3) is 3.38. The number of esters is 1. The van der Waals surface area contributed by atoms with Crippen LogP contribution in [0.3, 0.4) is 0 Å². The van der Waals surface area contributed by atoms with E-state index in [0.29, 0.717) is 5.56 Å². The van der Waals surface area contributed by atoms with E-state index in [9.17, 15) is 20.2 Å². The van der Waals surface area contributed by atoms with Crippen LogP contribution in [0.1, 0.15) is 25.3 Å². The molecule has 0 saturated heterocycles. The Morgan fingerprint density at radius 1 is 1.36 bits per heavy atom. The molecule has 0 saturated carbocycles. The maximum atomic E-state index is 12.6. The molecule has 0 fully saturated rings. The largest absolute Gasteiger partial charge is 0.463 e. The van der Waals surface area contributed by atoms with E-state index in [1.54, 1.807) is 49.0 Å². The lowest BCUT2D eigenvalue weighted by Crippen LogP contribution is -2.24. The number of nitro groups is 1. The minimum atomic E-state index is -0.852. The lowest BCUT2D eigenvalue weighted by molar-refractivity contribution is -0.384. The van der Waals surface area contributed by atoms with Crippen molar-refractivity contribution in [1.29, 1.82) is 5.26 Å². The van der Waals surface area contributed by atoms with E-state index < -0.39 is 16.8 Å². The van der Waals surface area contributed by atoms with Crippen LogP contribution in [0.25, 0.3) is 5.88 Å². The number of hydrogen-bond donors (Lipinski definition) is 0. The summed E-state index contributed by atoms with van der Waals surface area (Å²) in [4.78, 5) is 23.3. The fourth-order valence-electron chi connectivity index (χ4n) is 3.12. The highest BCUT2D eigenvalue weighted by atomic mass is 16.6. The minimum Gasteiger partial charge on any atom is -0.463 e. The summed E-state index contributed by atoms with van der Waals surface area (Å²) < 4.78 is 12.6. The topological polar surface area (TPSA) is 107 Å². The normalized spacial score (nSPS) is 16.4. The summed E-state index contributed by atoms with van der Waals surface area (Å²) in [5.41, 5.74) is 0.603. The molecule has 0 radical (unpaired) electrons. The van der Waals surface area contributed by atoms with Gasteiger partial charge in [-0.15, -0.1) is 0 Å². The van der Waals surface area contributed by atoms with Crippen molar-refractivity contribution in [1.82, 2.24) is 4.57 Å². The number of nitrogens with zero attached hydrogens (tertiary/aromatic N) is 3. The van der Waals surface area contributed by atoms with Crippen LogP contribution in [0.4, 0.5) is 5.69 Å². The lowest BCUT2D eigenvalue weighted by atomic mass is 9.83. The second kappa shape index (κ2) is 7.80. The smallest absolute Gasteiger partial charge is 0.338 e. The Morgan fingerprint density at radius 3 is 2.68 bits per heavy atom. The van der Waals surface area contributed by atoms with Crippen molar-refractivity contribution in [2.45, 2.75) is 19.8 Å². The van der Waals surface area contributed by atoms with E-state index in [1.807, 2.05) is 0 Å². The molecule has 0 aliphatic carbocycles. The van der Waals surface area contributed by atoms with Crippen molar-refractivity contribution in [3.8, 4) is 6.07 Å². The molecule has 0 bridgehead atoms. The summed E-state index contributed by atoms with van der Waals surface area (Å²) in [5.74, 6) is -0.960. The SMILES string of the molecule is CCOC(=O)C1=C(C)OC(n2cccc2)=C(C#N)C1c1cccc([N+](=O)[O-])c1. The number of ether oxygens (including phenoxy) is 2. The van der Waals surface area contributed by atoms with Crippen molar-refractivity contribution < 1.29 is 19.2 Å². The van der Waals surface area contributed by atoms with Crippen LogP contribution in [-0.4, -0.2) is 22.1 Å². The molecule has 3 rings (SSSR count). The molecule has 1 atom stereocenters. The zero-order chi connectivity index (χ0) is 20.3. The number of non-ortho nitro benzene ring substituents is 1. The number of aromatic nitrogens is 1. The molecule has 1 aliphatic heterocycles. The van der Waals surface area contributed by atoms with Gasteiger partial charge in [-0.1, -0.05) is 12.1 Å². The van der Waals surface area contributed by atoms with Crippen molar-refractivity contribution >= 4 is 17.5 Å². The van der Waals surface area contributed by atoms with E-state index in [-0.39, 0.29) is 35.1 Å². The summed E-state index contributed by atoms with van der Waals surface area (Å²) in [7, 11) is 0. The highest BCUT2D eigenvalue weighted by Gasteiger charge is 2.38. The van der Waals surface area contributed by atoms with E-state index in [2.05, 4.69) is 6.07 Å². The average molecular weight is 379 g/mol. The van der Waals surface area contributed by atoms with Gasteiger partial charge in [-0.25, -0.2) is 4.79 Å². The number of carbonyl (C=O) groups excluding carboxylic acids is 1. The van der Waals surface area contributed by atoms with Crippen molar-refractivity contribution in [2.24, 2.45) is 0 Å². The Bertz CT molecular complexity index is 1030. The fraction of sp³-hybridized carbons (Fsp3) is 0.200. The van der Waals surface area contributed by atoms with Gasteiger partial charge >= 0.3 is 5.97 Å². The number of nitriles is 1. The first kappa shape index (κ1) is 18.9. The molecule has 1 aliphatic rings. The summed E-state index contributed by atoms with van der Waals surface area (Å²) in [6, 6.07) is 11.5. The summed E-state index contributed by atoms with van der Waals surface area (Å²) >= 11 is 0. The van der Waals surface area contributed by atoms with Crippen LogP contribution < -0.4 is 0 Å². The van der Waals surface area contributed by atoms with Gasteiger partial charge < -0.3 is 9.47 Å². The predicted octanol–water partition coefficient (Wildman–Crippen LogP) is 3.74. The number of hydrogen-bond acceptors (Lipinski definition) is 6. The molecule has 142 valence electrons. The molecule has 1 aromatic carbocycles. The quantitative estimate of drug-likeness (QED) is 0.445. The molecule has 1 aromatic heterocycles. The van der Waals surface area contributed by atoms with Crippen LogP contribution in [0.2, 0.25) is 0 Å². The number of benzene rings is 1. The first-order valence-corrected chi connectivity index (χ1v) is 8.55. The van der Waals surface area contributed by atoms with Crippen molar-refractivity contribution in [3.05, 3.63) is 81.4 Å². The second-order valence-corrected chi connectivity index (χ2v) is 6.00. The molecule has 8 nitrogen and oxygen atoms in total. The summed E-state index contributed by atoms with van der Waals surface area (Å²) in [5, 5.41) is 21.1. The van der Waals surface area contributed by atoms with Gasteiger partial charge in [-0.3, -0.25) is 14.7 Å². The first-order valence-electron chi connectivity index (χ1n) is 8.55. The average Bonchev–Trinajstić information content (AvgIpc) is 3.21. The van der Waals surface area contributed by atoms with Crippen LogP contribution >= 0.6 is 0 Å². The van der Waals surface area contributed by atoms with Crippen molar-refractivity contribution in [3.63, 3.8) is 0 Å². The third-order valence-electron chi connectivity index (χ3n) is 4.31. The van der Waals surface area contributed by atoms with Gasteiger partial charge in [0, 0.05) is 24.5 Å². The van der Waals surface area contributed by atoms with E-state index >= 15 is 0 Å². The van der Waals surface area contributed by atoms with E-state index in [4.69, 9.17) is 9.47 Å². The first-order chi connectivity index (χ1) is 13.5. The van der Waals surface area contributed by atoms with Crippen LogP contribution in [0, 0.1) is 21.4 Å². The summed E-state index contributed by atoms with van der Waals surface area (Å²) in [6.07, 6.45) is 3.42. The standard InChI is InChI=1S/C20H17N3O5/c1-3-27-20(24)17-13(2)28-19(22-9-4-5-10-22)16(12-21)18(17)14-7-6-8-15(11-14)23(25)26/h4-11,18H,3H2,1-2H3. The molecular formula is C20H17N3O5. The molecule has 1 unspecified atom stereocenters. The van der Waals surface area contributed by atoms with Crippen LogP contribution in [-0.2, 0) is 14.3 Å². The maximum absolute atomic E-state index is 12.6. The number of rotatable bonds is 5. The highest BCUT2D eigenvalue weighted by molar-refractivity contribution is 5.93. The Kier molecular flexibility index (Phi) is 5.27. The zero-order valence-corrected chi connectivity index (χ0v) is 15.3. The molecule has 0 spiro atoms. The van der Waals surface area contributed by atoms with Gasteiger partial charge in [-0.2, -0.15) is 5.26 Å². The Hall–Kier alpha value is -3.86. The van der Waals surface area contributed by atoms with Crippen LogP contribution in [0.5, 0.6) is 0 Å². The Labute approximate surface area is 161 Å². The zero-order valence-electron chi connectivity index (χ0n) is 15.3. The minimum absolute atomic E-state index is 0.135. The molecule has 2 heterocycles. The predicted molar refractivity (Wildman–Crippen MR) is 99.5 cm³/mol. The fourth-order valence-corrected chi connectivity index (χ4v) is 3.12. The molecule has 28 heavy (non-hydrogen) atoms. The molecule has 2 aromatic rings. The molecule has 8 heteroatoms. The molecule has 0 N–H and O–H groups in total. The number of allylic oxidation sites excluding steroid dienone is 2. The van der Waals surface area contributed by atoms with Gasteiger partial charge in [0.25, 0.3) is 5.69 Å². The summed E-state index contributed by atoms with van der Waals surface area (Å²) in [6.45, 7) is 3.42.